The van der Waals surface area contributed by atoms with E-state index in [1.165, 1.54) is 19.3 Å². The minimum absolute atomic E-state index is 0.249. The van der Waals surface area contributed by atoms with Gasteiger partial charge in [-0.2, -0.15) is 0 Å². The molecular formula is C28H24ClN3O7. The molecule has 3 aromatic carbocycles. The van der Waals surface area contributed by atoms with Crippen molar-refractivity contribution in [3.05, 3.63) is 82.9 Å². The Morgan fingerprint density at radius 1 is 0.974 bits per heavy atom. The fraction of sp³-hybridized carbons (Fsp3) is 0.143. The van der Waals surface area contributed by atoms with E-state index in [1.54, 1.807) is 60.7 Å². The number of hydrogen-bond donors (Lipinski definition) is 2. The molecule has 0 radical (unpaired) electrons. The summed E-state index contributed by atoms with van der Waals surface area (Å²) in [5.41, 5.74) is 1.03. The summed E-state index contributed by atoms with van der Waals surface area (Å²) in [5.74, 6) is -0.886. The number of nitrogens with one attached hydrogen (secondary N) is 2. The van der Waals surface area contributed by atoms with E-state index < -0.39 is 23.8 Å². The Labute approximate surface area is 229 Å². The molecule has 0 aromatic heterocycles. The third-order valence-electron chi connectivity index (χ3n) is 5.49. The summed E-state index contributed by atoms with van der Waals surface area (Å²) < 4.78 is 16.4. The number of rotatable bonds is 9. The van der Waals surface area contributed by atoms with E-state index in [2.05, 4.69) is 10.6 Å². The third kappa shape index (κ3) is 6.55. The Hall–Kier alpha value is -4.83. The van der Waals surface area contributed by atoms with E-state index >= 15 is 0 Å². The summed E-state index contributed by atoms with van der Waals surface area (Å²) in [4.78, 5) is 51.3. The van der Waals surface area contributed by atoms with Crippen molar-refractivity contribution in [1.29, 1.82) is 0 Å². The molecule has 0 spiro atoms. The second kappa shape index (κ2) is 12.1. The van der Waals surface area contributed by atoms with Crippen molar-refractivity contribution in [1.82, 2.24) is 5.32 Å². The Morgan fingerprint density at radius 3 is 2.36 bits per heavy atom. The number of imide groups is 2. The molecule has 39 heavy (non-hydrogen) atoms. The number of benzene rings is 3. The van der Waals surface area contributed by atoms with Crippen LogP contribution >= 0.6 is 11.6 Å². The molecule has 5 amide bonds. The number of amides is 5. The van der Waals surface area contributed by atoms with E-state index in [-0.39, 0.29) is 29.4 Å². The summed E-state index contributed by atoms with van der Waals surface area (Å²) in [6, 6.07) is 16.8. The van der Waals surface area contributed by atoms with Crippen LogP contribution in [0, 0.1) is 0 Å². The summed E-state index contributed by atoms with van der Waals surface area (Å²) in [6.07, 6.45) is 1.34. The van der Waals surface area contributed by atoms with Gasteiger partial charge in [0.25, 0.3) is 17.7 Å². The van der Waals surface area contributed by atoms with Crippen LogP contribution in [0.15, 0.2) is 72.3 Å². The number of carbonyl (C=O) groups is 4. The number of carbonyl (C=O) groups excluding carboxylic acids is 4. The molecule has 1 aliphatic rings. The van der Waals surface area contributed by atoms with Gasteiger partial charge in [-0.15, -0.1) is 0 Å². The summed E-state index contributed by atoms with van der Waals surface area (Å²) in [5, 5.41) is 5.42. The number of nitrogens with zero attached hydrogens (tertiary/aromatic N) is 1. The Morgan fingerprint density at radius 2 is 1.69 bits per heavy atom. The molecule has 1 heterocycles. The van der Waals surface area contributed by atoms with Crippen LogP contribution in [0.2, 0.25) is 5.02 Å². The minimum atomic E-state index is -0.857. The van der Waals surface area contributed by atoms with Gasteiger partial charge in [-0.25, -0.2) is 9.69 Å². The molecule has 4 rings (SSSR count). The van der Waals surface area contributed by atoms with Gasteiger partial charge in [-0.05, 0) is 79.2 Å². The van der Waals surface area contributed by atoms with Crippen LogP contribution in [-0.2, 0) is 14.4 Å². The fourth-order valence-corrected chi connectivity index (χ4v) is 3.81. The third-order valence-corrected chi connectivity index (χ3v) is 5.75. The first-order valence-electron chi connectivity index (χ1n) is 11.8. The van der Waals surface area contributed by atoms with Gasteiger partial charge in [0, 0.05) is 10.7 Å². The van der Waals surface area contributed by atoms with Crippen molar-refractivity contribution in [3.63, 3.8) is 0 Å². The van der Waals surface area contributed by atoms with Crippen molar-refractivity contribution in [2.75, 3.05) is 30.5 Å². The van der Waals surface area contributed by atoms with E-state index in [0.29, 0.717) is 28.6 Å². The topological polar surface area (TPSA) is 123 Å². The summed E-state index contributed by atoms with van der Waals surface area (Å²) in [6.45, 7) is 2.01. The van der Waals surface area contributed by atoms with E-state index in [9.17, 15) is 19.2 Å². The molecule has 0 atom stereocenters. The largest absolute Gasteiger partial charge is 0.494 e. The second-order valence-corrected chi connectivity index (χ2v) is 8.58. The number of barbiturate groups is 1. The highest BCUT2D eigenvalue weighted by Crippen LogP contribution is 2.30. The lowest BCUT2D eigenvalue weighted by Gasteiger charge is -2.26. The first-order valence-corrected chi connectivity index (χ1v) is 12.2. The smallest absolute Gasteiger partial charge is 0.335 e. The zero-order valence-electron chi connectivity index (χ0n) is 21.0. The molecule has 0 saturated carbocycles. The molecule has 3 aromatic rings. The normalized spacial score (nSPS) is 14.2. The van der Waals surface area contributed by atoms with Gasteiger partial charge in [-0.1, -0.05) is 17.7 Å². The molecule has 200 valence electrons. The molecule has 1 saturated heterocycles. The van der Waals surface area contributed by atoms with Crippen LogP contribution in [-0.4, -0.2) is 44.1 Å². The van der Waals surface area contributed by atoms with Crippen LogP contribution in [0.4, 0.5) is 16.2 Å². The first kappa shape index (κ1) is 27.2. The lowest BCUT2D eigenvalue weighted by molar-refractivity contribution is -0.122. The average Bonchev–Trinajstić information content (AvgIpc) is 2.92. The molecule has 0 bridgehead atoms. The van der Waals surface area contributed by atoms with E-state index in [4.69, 9.17) is 25.8 Å². The van der Waals surface area contributed by atoms with Gasteiger partial charge < -0.3 is 19.5 Å². The Balaban J connectivity index is 1.49. The number of hydrogen-bond acceptors (Lipinski definition) is 7. The molecule has 0 aliphatic carbocycles. The zero-order chi connectivity index (χ0) is 27.9. The van der Waals surface area contributed by atoms with Gasteiger partial charge >= 0.3 is 6.03 Å². The van der Waals surface area contributed by atoms with Crippen LogP contribution < -0.4 is 29.7 Å². The van der Waals surface area contributed by atoms with Crippen molar-refractivity contribution < 1.29 is 33.4 Å². The van der Waals surface area contributed by atoms with E-state index in [0.717, 1.165) is 4.90 Å². The van der Waals surface area contributed by atoms with Gasteiger partial charge in [0.2, 0.25) is 0 Å². The quantitative estimate of drug-likeness (QED) is 0.299. The summed E-state index contributed by atoms with van der Waals surface area (Å²) >= 11 is 5.85. The Kier molecular flexibility index (Phi) is 8.47. The van der Waals surface area contributed by atoms with Crippen LogP contribution in [0.1, 0.15) is 12.5 Å². The fourth-order valence-electron chi connectivity index (χ4n) is 3.68. The standard InChI is InChI=1S/C28H24ClN3O7/c1-3-38-21-11-9-20(10-12-21)32-27(35)22(26(34)31-28(32)36)14-17-4-13-23(24(15-17)37-2)39-16-25(33)30-19-7-5-18(29)6-8-19/h4-15H,3,16H2,1-2H3,(H,30,33)(H,31,34,36)/b22-14+. The average molecular weight is 550 g/mol. The van der Waals surface area contributed by atoms with Crippen LogP contribution in [0.25, 0.3) is 6.08 Å². The van der Waals surface area contributed by atoms with Gasteiger partial charge in [0.05, 0.1) is 19.4 Å². The maximum atomic E-state index is 13.2. The van der Waals surface area contributed by atoms with Crippen molar-refractivity contribution in [2.45, 2.75) is 6.92 Å². The predicted octanol–water partition coefficient (Wildman–Crippen LogP) is 4.43. The predicted molar refractivity (Wildman–Crippen MR) is 145 cm³/mol. The number of ether oxygens (including phenoxy) is 3. The molecule has 10 nitrogen and oxygen atoms in total. The highest BCUT2D eigenvalue weighted by molar-refractivity contribution is 6.39. The van der Waals surface area contributed by atoms with Crippen LogP contribution in [0.5, 0.6) is 17.2 Å². The SMILES string of the molecule is CCOc1ccc(N2C(=O)NC(=O)/C(=C\c3ccc(OCC(=O)Nc4ccc(Cl)cc4)c(OC)c3)C2=O)cc1. The van der Waals surface area contributed by atoms with Crippen molar-refractivity contribution in [2.24, 2.45) is 0 Å². The molecular weight excluding hydrogens is 526 g/mol. The zero-order valence-corrected chi connectivity index (χ0v) is 21.8. The number of methoxy groups -OCH3 is 1. The molecule has 0 unspecified atom stereocenters. The first-order chi connectivity index (χ1) is 18.8. The second-order valence-electron chi connectivity index (χ2n) is 8.14. The summed E-state index contributed by atoms with van der Waals surface area (Å²) in [7, 11) is 1.41. The van der Waals surface area contributed by atoms with Gasteiger partial charge in [0.15, 0.2) is 18.1 Å². The van der Waals surface area contributed by atoms with Crippen molar-refractivity contribution >= 4 is 52.8 Å². The Bertz CT molecular complexity index is 1440. The number of urea groups is 1. The molecule has 1 fully saturated rings. The molecule has 11 heteroatoms. The van der Waals surface area contributed by atoms with E-state index in [1.807, 2.05) is 6.92 Å². The molecule has 2 N–H and O–H groups in total. The monoisotopic (exact) mass is 549 g/mol. The number of halogens is 1. The van der Waals surface area contributed by atoms with Gasteiger partial charge in [-0.3, -0.25) is 19.7 Å². The lowest BCUT2D eigenvalue weighted by atomic mass is 10.1. The highest BCUT2D eigenvalue weighted by Gasteiger charge is 2.36. The number of anilines is 2. The minimum Gasteiger partial charge on any atom is -0.494 e. The lowest BCUT2D eigenvalue weighted by Crippen LogP contribution is -2.54. The maximum Gasteiger partial charge on any atom is 0.335 e. The maximum absolute atomic E-state index is 13.2. The molecule has 1 aliphatic heterocycles. The van der Waals surface area contributed by atoms with Crippen molar-refractivity contribution in [3.8, 4) is 17.2 Å². The highest BCUT2D eigenvalue weighted by atomic mass is 35.5. The van der Waals surface area contributed by atoms with Gasteiger partial charge in [0.1, 0.15) is 11.3 Å². The van der Waals surface area contributed by atoms with Crippen LogP contribution in [0.3, 0.4) is 0 Å².